The first kappa shape index (κ1) is 24.3. The minimum atomic E-state index is -0.503. The Morgan fingerprint density at radius 1 is 1.09 bits per heavy atom. The molecular weight excluding hydrogens is 423 g/mol. The number of nitrogens with zero attached hydrogens (tertiary/aromatic N) is 3. The van der Waals surface area contributed by atoms with Crippen molar-refractivity contribution in [1.82, 2.24) is 20.3 Å². The van der Waals surface area contributed by atoms with Crippen LogP contribution in [0.3, 0.4) is 0 Å². The Kier molecular flexibility index (Phi) is 7.43. The molecule has 3 aromatic rings. The Morgan fingerprint density at radius 2 is 1.85 bits per heavy atom. The van der Waals surface area contributed by atoms with E-state index in [-0.39, 0.29) is 17.7 Å². The predicted molar refractivity (Wildman–Crippen MR) is 129 cm³/mol. The molecule has 4 N–H and O–H groups in total. The number of urea groups is 1. The van der Waals surface area contributed by atoms with Gasteiger partial charge in [0, 0.05) is 35.9 Å². The van der Waals surface area contributed by atoms with E-state index in [9.17, 15) is 9.18 Å². The molecule has 176 valence electrons. The number of aromatic nitrogens is 3. The fourth-order valence-corrected chi connectivity index (χ4v) is 3.35. The highest BCUT2D eigenvalue weighted by atomic mass is 19.1. The van der Waals surface area contributed by atoms with E-state index in [1.54, 1.807) is 12.3 Å². The van der Waals surface area contributed by atoms with Gasteiger partial charge in [-0.1, -0.05) is 20.8 Å². The van der Waals surface area contributed by atoms with Crippen molar-refractivity contribution in [3.05, 3.63) is 41.5 Å². The molecule has 0 aliphatic rings. The topological polar surface area (TPSA) is 112 Å². The van der Waals surface area contributed by atoms with Crippen LogP contribution in [0.4, 0.5) is 20.8 Å². The van der Waals surface area contributed by atoms with Gasteiger partial charge in [-0.2, -0.15) is 4.98 Å². The van der Waals surface area contributed by atoms with Gasteiger partial charge in [-0.25, -0.2) is 19.2 Å². The van der Waals surface area contributed by atoms with Gasteiger partial charge in [0.2, 0.25) is 5.95 Å². The number of pyridine rings is 1. The van der Waals surface area contributed by atoms with Crippen LogP contribution in [0, 0.1) is 25.1 Å². The maximum atomic E-state index is 14.6. The highest BCUT2D eigenvalue weighted by Crippen LogP contribution is 2.32. The Hall–Kier alpha value is -3.33. The molecule has 2 amide bonds. The molecule has 2 aromatic heterocycles. The fourth-order valence-electron chi connectivity index (χ4n) is 3.35. The lowest BCUT2D eigenvalue weighted by Crippen LogP contribution is -2.31. The van der Waals surface area contributed by atoms with Gasteiger partial charge in [-0.3, -0.25) is 0 Å². The van der Waals surface area contributed by atoms with Gasteiger partial charge in [-0.15, -0.1) is 0 Å². The summed E-state index contributed by atoms with van der Waals surface area (Å²) in [5, 5.41) is 18.0. The van der Waals surface area contributed by atoms with Crippen LogP contribution in [-0.4, -0.2) is 45.8 Å². The molecule has 0 aliphatic carbocycles. The van der Waals surface area contributed by atoms with Crippen molar-refractivity contribution < 1.29 is 14.3 Å². The fraction of sp³-hybridized carbons (Fsp3) is 0.417. The third kappa shape index (κ3) is 6.35. The first-order valence-corrected chi connectivity index (χ1v) is 10.9. The molecule has 33 heavy (non-hydrogen) atoms. The summed E-state index contributed by atoms with van der Waals surface area (Å²) in [5.74, 6) is -0.116. The minimum absolute atomic E-state index is 0.0262. The summed E-state index contributed by atoms with van der Waals surface area (Å²) in [4.78, 5) is 25.5. The zero-order chi connectivity index (χ0) is 24.2. The number of carbonyl (C=O) groups is 1. The molecule has 0 atom stereocenters. The summed E-state index contributed by atoms with van der Waals surface area (Å²) in [6.07, 6.45) is 2.46. The molecule has 0 radical (unpaired) electrons. The highest BCUT2D eigenvalue weighted by Gasteiger charge is 2.16. The first-order chi connectivity index (χ1) is 15.6. The summed E-state index contributed by atoms with van der Waals surface area (Å²) in [7, 11) is 0. The van der Waals surface area contributed by atoms with Crippen molar-refractivity contribution in [3.8, 4) is 11.1 Å². The number of carbonyl (C=O) groups excluding carboxylic acids is 1. The third-order valence-corrected chi connectivity index (χ3v) is 5.17. The van der Waals surface area contributed by atoms with E-state index in [2.05, 4.69) is 51.7 Å². The number of rotatable bonds is 7. The van der Waals surface area contributed by atoms with Crippen molar-refractivity contribution in [3.63, 3.8) is 0 Å². The van der Waals surface area contributed by atoms with Crippen LogP contribution in [-0.2, 0) is 0 Å². The quantitative estimate of drug-likeness (QED) is 0.421. The van der Waals surface area contributed by atoms with Gasteiger partial charge in [0.25, 0.3) is 0 Å². The van der Waals surface area contributed by atoms with E-state index in [1.165, 1.54) is 6.07 Å². The van der Waals surface area contributed by atoms with Gasteiger partial charge in [-0.05, 0) is 55.0 Å². The largest absolute Gasteiger partial charge is 0.395 e. The molecule has 3 rings (SSSR count). The molecule has 2 heterocycles. The summed E-state index contributed by atoms with van der Waals surface area (Å²) in [5.41, 5.74) is 3.70. The maximum Gasteiger partial charge on any atom is 0.319 e. The monoisotopic (exact) mass is 454 g/mol. The standard InChI is InChI=1S/C24H31FN6O2/c1-14-10-19(25)20(30-23(33)27-7-6-24(3,4)5)12-17(14)18-11-16-13-28-22(26-8-9-32)31-21(16)29-15(18)2/h10-13,32H,6-9H2,1-5H3,(H2,27,30,33)(H,26,28,29,31). The van der Waals surface area contributed by atoms with Crippen molar-refractivity contribution in [2.45, 2.75) is 41.0 Å². The second kappa shape index (κ2) is 10.1. The Bertz CT molecular complexity index is 1160. The summed E-state index contributed by atoms with van der Waals surface area (Å²) in [6.45, 7) is 10.8. The van der Waals surface area contributed by atoms with Crippen molar-refractivity contribution >= 4 is 28.7 Å². The van der Waals surface area contributed by atoms with Crippen molar-refractivity contribution in [1.29, 1.82) is 0 Å². The molecule has 8 nitrogen and oxygen atoms in total. The summed E-state index contributed by atoms with van der Waals surface area (Å²) in [6, 6.07) is 4.49. The maximum absolute atomic E-state index is 14.6. The zero-order valence-electron chi connectivity index (χ0n) is 19.7. The molecule has 0 saturated heterocycles. The summed E-state index contributed by atoms with van der Waals surface area (Å²) < 4.78 is 14.6. The third-order valence-electron chi connectivity index (χ3n) is 5.17. The number of benzene rings is 1. The lowest BCUT2D eigenvalue weighted by atomic mass is 9.92. The second-order valence-corrected chi connectivity index (χ2v) is 9.22. The minimum Gasteiger partial charge on any atom is -0.395 e. The van der Waals surface area contributed by atoms with Crippen LogP contribution in [0.15, 0.2) is 24.4 Å². The molecule has 0 fully saturated rings. The Morgan fingerprint density at radius 3 is 2.55 bits per heavy atom. The highest BCUT2D eigenvalue weighted by molar-refractivity contribution is 5.91. The van der Waals surface area contributed by atoms with Gasteiger partial charge < -0.3 is 21.1 Å². The number of halogens is 1. The number of nitrogens with one attached hydrogen (secondary N) is 3. The molecule has 1 aromatic carbocycles. The van der Waals surface area contributed by atoms with Crippen LogP contribution in [0.5, 0.6) is 0 Å². The predicted octanol–water partition coefficient (Wildman–Crippen LogP) is 4.41. The Labute approximate surface area is 193 Å². The van der Waals surface area contributed by atoms with Gasteiger partial charge in [0.05, 0.1) is 12.3 Å². The number of hydrogen-bond acceptors (Lipinski definition) is 6. The van der Waals surface area contributed by atoms with E-state index >= 15 is 0 Å². The van der Waals surface area contributed by atoms with Crippen LogP contribution >= 0.6 is 0 Å². The molecule has 0 aliphatic heterocycles. The Balaban J connectivity index is 1.88. The number of amides is 2. The molecule has 0 unspecified atom stereocenters. The van der Waals surface area contributed by atoms with Crippen molar-refractivity contribution in [2.24, 2.45) is 5.41 Å². The number of aryl methyl sites for hydroxylation is 2. The lowest BCUT2D eigenvalue weighted by molar-refractivity contribution is 0.250. The molecule has 9 heteroatoms. The van der Waals surface area contributed by atoms with Gasteiger partial charge in [0.15, 0.2) is 5.65 Å². The zero-order valence-corrected chi connectivity index (χ0v) is 19.7. The van der Waals surface area contributed by atoms with Crippen LogP contribution in [0.25, 0.3) is 22.2 Å². The second-order valence-electron chi connectivity index (χ2n) is 9.22. The normalized spacial score (nSPS) is 11.5. The van der Waals surface area contributed by atoms with Gasteiger partial charge >= 0.3 is 6.03 Å². The molecule has 0 spiro atoms. The van der Waals surface area contributed by atoms with Gasteiger partial charge in [0.1, 0.15) is 5.82 Å². The molecule has 0 saturated carbocycles. The SMILES string of the molecule is Cc1cc(F)c(NC(=O)NCCC(C)(C)C)cc1-c1cc2cnc(NCCO)nc2nc1C. The lowest BCUT2D eigenvalue weighted by Gasteiger charge is -2.18. The average Bonchev–Trinajstić information content (AvgIpc) is 2.73. The number of aliphatic hydroxyl groups excluding tert-OH is 1. The average molecular weight is 455 g/mol. The van der Waals surface area contributed by atoms with E-state index < -0.39 is 11.8 Å². The van der Waals surface area contributed by atoms with Crippen LogP contribution in [0.2, 0.25) is 0 Å². The molecular formula is C24H31FN6O2. The van der Waals surface area contributed by atoms with E-state index in [0.717, 1.165) is 28.5 Å². The van der Waals surface area contributed by atoms with Crippen LogP contribution in [0.1, 0.15) is 38.4 Å². The first-order valence-electron chi connectivity index (χ1n) is 10.9. The van der Waals surface area contributed by atoms with E-state index in [0.29, 0.717) is 30.4 Å². The number of aliphatic hydroxyl groups is 1. The van der Waals surface area contributed by atoms with Crippen LogP contribution < -0.4 is 16.0 Å². The van der Waals surface area contributed by atoms with E-state index in [4.69, 9.17) is 5.11 Å². The number of fused-ring (bicyclic) bond motifs is 1. The number of anilines is 2. The van der Waals surface area contributed by atoms with Crippen molar-refractivity contribution in [2.75, 3.05) is 30.3 Å². The number of hydrogen-bond donors (Lipinski definition) is 4. The van der Waals surface area contributed by atoms with E-state index in [1.807, 2.05) is 19.9 Å². The molecule has 0 bridgehead atoms. The summed E-state index contributed by atoms with van der Waals surface area (Å²) >= 11 is 0. The smallest absolute Gasteiger partial charge is 0.319 e.